The van der Waals surface area contributed by atoms with E-state index in [1.54, 1.807) is 11.9 Å². The van der Waals surface area contributed by atoms with Crippen LogP contribution in [0.15, 0.2) is 84.9 Å². The second-order valence-corrected chi connectivity index (χ2v) is 9.77. The van der Waals surface area contributed by atoms with Crippen LogP contribution < -0.4 is 5.32 Å². The van der Waals surface area contributed by atoms with Crippen molar-refractivity contribution < 1.29 is 9.59 Å². The lowest BCUT2D eigenvalue weighted by Crippen LogP contribution is -2.49. The minimum atomic E-state index is -0.580. The molecule has 34 heavy (non-hydrogen) atoms. The highest BCUT2D eigenvalue weighted by Crippen LogP contribution is 2.23. The van der Waals surface area contributed by atoms with Gasteiger partial charge in [-0.3, -0.25) is 9.59 Å². The molecule has 2 amide bonds. The molecule has 0 unspecified atom stereocenters. The lowest BCUT2D eigenvalue weighted by atomic mass is 9.86. The molecule has 4 heteroatoms. The molecule has 1 N–H and O–H groups in total. The van der Waals surface area contributed by atoms with E-state index in [0.29, 0.717) is 25.8 Å². The third-order valence-corrected chi connectivity index (χ3v) is 6.16. The maximum atomic E-state index is 13.5. The summed E-state index contributed by atoms with van der Waals surface area (Å²) in [5.41, 5.74) is 4.53. The van der Waals surface area contributed by atoms with Gasteiger partial charge in [-0.15, -0.1) is 0 Å². The van der Waals surface area contributed by atoms with Crippen LogP contribution in [0.1, 0.15) is 49.4 Å². The van der Waals surface area contributed by atoms with Gasteiger partial charge in [0.1, 0.15) is 6.04 Å². The van der Waals surface area contributed by atoms with Gasteiger partial charge in [-0.2, -0.15) is 0 Å². The minimum absolute atomic E-state index is 0.0201. The van der Waals surface area contributed by atoms with Crippen molar-refractivity contribution in [1.82, 2.24) is 10.2 Å². The number of rotatable bonds is 9. The summed E-state index contributed by atoms with van der Waals surface area (Å²) < 4.78 is 0. The Bertz CT molecular complexity index is 1050. The zero-order valence-corrected chi connectivity index (χ0v) is 20.8. The fourth-order valence-electron chi connectivity index (χ4n) is 4.07. The molecule has 0 aliphatic rings. The number of hydrogen-bond donors (Lipinski definition) is 1. The van der Waals surface area contributed by atoms with E-state index in [-0.39, 0.29) is 17.2 Å². The molecule has 178 valence electrons. The summed E-state index contributed by atoms with van der Waals surface area (Å²) in [5.74, 6) is -0.170. The second kappa shape index (κ2) is 11.6. The van der Waals surface area contributed by atoms with Crippen molar-refractivity contribution >= 4 is 11.8 Å². The number of nitrogens with zero attached hydrogens (tertiary/aromatic N) is 1. The molecule has 0 heterocycles. The van der Waals surface area contributed by atoms with Crippen LogP contribution in [0.25, 0.3) is 0 Å². The van der Waals surface area contributed by atoms with Gasteiger partial charge in [-0.05, 0) is 34.1 Å². The minimum Gasteiger partial charge on any atom is -0.357 e. The van der Waals surface area contributed by atoms with Crippen LogP contribution in [0.2, 0.25) is 0 Å². The molecule has 0 spiro atoms. The van der Waals surface area contributed by atoms with Crippen LogP contribution in [-0.4, -0.2) is 29.8 Å². The highest BCUT2D eigenvalue weighted by Gasteiger charge is 2.29. The molecule has 0 aromatic heterocycles. The number of nitrogens with one attached hydrogen (secondary N) is 1. The highest BCUT2D eigenvalue weighted by molar-refractivity contribution is 5.88. The van der Waals surface area contributed by atoms with Crippen LogP contribution >= 0.6 is 0 Å². The third kappa shape index (κ3) is 7.05. The Morgan fingerprint density at radius 2 is 1.35 bits per heavy atom. The summed E-state index contributed by atoms with van der Waals surface area (Å²) in [7, 11) is 1.63. The summed E-state index contributed by atoms with van der Waals surface area (Å²) in [4.78, 5) is 28.2. The maximum absolute atomic E-state index is 13.5. The maximum Gasteiger partial charge on any atom is 0.242 e. The van der Waals surface area contributed by atoms with Crippen LogP contribution in [0.5, 0.6) is 0 Å². The predicted molar refractivity (Wildman–Crippen MR) is 138 cm³/mol. The first kappa shape index (κ1) is 25.2. The first-order valence-corrected chi connectivity index (χ1v) is 12.0. The quantitative estimate of drug-likeness (QED) is 0.475. The van der Waals surface area contributed by atoms with E-state index in [1.807, 2.05) is 60.7 Å². The molecule has 3 aromatic carbocycles. The normalized spacial score (nSPS) is 12.1. The Balaban J connectivity index is 1.81. The number of carbonyl (C=O) groups excluding carboxylic acids is 2. The van der Waals surface area contributed by atoms with Gasteiger partial charge in [-0.25, -0.2) is 0 Å². The van der Waals surface area contributed by atoms with Gasteiger partial charge >= 0.3 is 0 Å². The van der Waals surface area contributed by atoms with Crippen molar-refractivity contribution in [3.05, 3.63) is 107 Å². The molecule has 0 saturated carbocycles. The van der Waals surface area contributed by atoms with Gasteiger partial charge in [0.25, 0.3) is 0 Å². The van der Waals surface area contributed by atoms with Crippen molar-refractivity contribution in [3.63, 3.8) is 0 Å². The van der Waals surface area contributed by atoms with Gasteiger partial charge in [0.15, 0.2) is 0 Å². The van der Waals surface area contributed by atoms with Gasteiger partial charge < -0.3 is 10.2 Å². The number of carbonyl (C=O) groups is 2. The predicted octanol–water partition coefficient (Wildman–Crippen LogP) is 5.30. The lowest BCUT2D eigenvalue weighted by Gasteiger charge is -2.31. The van der Waals surface area contributed by atoms with E-state index in [1.165, 1.54) is 5.56 Å². The molecule has 3 rings (SSSR count). The Kier molecular flexibility index (Phi) is 8.64. The number of amides is 2. The van der Waals surface area contributed by atoms with E-state index >= 15 is 0 Å². The standard InChI is InChI=1S/C30H36N2O2/c1-30(2,3)26-18-15-23(16-19-26)17-20-28(33)32(22-25-13-9-6-10-14-25)27(29(34)31-4)21-24-11-7-5-8-12-24/h5-16,18-19,27H,17,20-22H2,1-4H3,(H,31,34)/t27-/m0/s1. The van der Waals surface area contributed by atoms with Crippen LogP contribution in [0.3, 0.4) is 0 Å². The highest BCUT2D eigenvalue weighted by atomic mass is 16.2. The van der Waals surface area contributed by atoms with Gasteiger partial charge in [-0.1, -0.05) is 106 Å². The first-order valence-electron chi connectivity index (χ1n) is 12.0. The van der Waals surface area contributed by atoms with E-state index in [2.05, 4.69) is 50.4 Å². The fraction of sp³-hybridized carbons (Fsp3) is 0.333. The molecule has 0 radical (unpaired) electrons. The molecular weight excluding hydrogens is 420 g/mol. The fourth-order valence-corrected chi connectivity index (χ4v) is 4.07. The Hall–Kier alpha value is -3.40. The van der Waals surface area contributed by atoms with Gasteiger partial charge in [0.05, 0.1) is 0 Å². The molecule has 0 bridgehead atoms. The monoisotopic (exact) mass is 456 g/mol. The number of likely N-dealkylation sites (N-methyl/N-ethyl adjacent to an activating group) is 1. The average Bonchev–Trinajstić information content (AvgIpc) is 2.85. The van der Waals surface area contributed by atoms with Crippen molar-refractivity contribution in [2.24, 2.45) is 0 Å². The zero-order valence-electron chi connectivity index (χ0n) is 20.8. The van der Waals surface area contributed by atoms with Crippen molar-refractivity contribution in [2.45, 2.75) is 58.0 Å². The summed E-state index contributed by atoms with van der Waals surface area (Å²) in [6.07, 6.45) is 1.46. The van der Waals surface area contributed by atoms with Gasteiger partial charge in [0, 0.05) is 26.4 Å². The summed E-state index contributed by atoms with van der Waals surface area (Å²) in [5, 5.41) is 2.77. The molecule has 1 atom stereocenters. The van der Waals surface area contributed by atoms with Crippen molar-refractivity contribution in [1.29, 1.82) is 0 Å². The Morgan fingerprint density at radius 1 is 0.794 bits per heavy atom. The second-order valence-electron chi connectivity index (χ2n) is 9.77. The first-order chi connectivity index (χ1) is 16.3. The van der Waals surface area contributed by atoms with Crippen molar-refractivity contribution in [2.75, 3.05) is 7.05 Å². The summed E-state index contributed by atoms with van der Waals surface area (Å²) in [6, 6.07) is 27.7. The molecule has 0 aliphatic heterocycles. The van der Waals surface area contributed by atoms with Crippen LogP contribution in [0, 0.1) is 0 Å². The molecule has 0 aliphatic carbocycles. The summed E-state index contributed by atoms with van der Waals surface area (Å²) >= 11 is 0. The van der Waals surface area contributed by atoms with Crippen LogP contribution in [-0.2, 0) is 34.4 Å². The average molecular weight is 457 g/mol. The van der Waals surface area contributed by atoms with E-state index in [0.717, 1.165) is 16.7 Å². The largest absolute Gasteiger partial charge is 0.357 e. The Morgan fingerprint density at radius 3 is 1.88 bits per heavy atom. The van der Waals surface area contributed by atoms with Crippen molar-refractivity contribution in [3.8, 4) is 0 Å². The van der Waals surface area contributed by atoms with Gasteiger partial charge in [0.2, 0.25) is 11.8 Å². The molecule has 0 saturated heterocycles. The molecule has 4 nitrogen and oxygen atoms in total. The third-order valence-electron chi connectivity index (χ3n) is 6.16. The smallest absolute Gasteiger partial charge is 0.242 e. The SMILES string of the molecule is CNC(=O)[C@H](Cc1ccccc1)N(Cc1ccccc1)C(=O)CCc1ccc(C(C)(C)C)cc1. The van der Waals surface area contributed by atoms with Crippen LogP contribution in [0.4, 0.5) is 0 Å². The number of benzene rings is 3. The van der Waals surface area contributed by atoms with E-state index in [4.69, 9.17) is 0 Å². The lowest BCUT2D eigenvalue weighted by molar-refractivity contribution is -0.141. The topological polar surface area (TPSA) is 49.4 Å². The Labute approximate surface area is 204 Å². The molecule has 3 aromatic rings. The number of aryl methyl sites for hydroxylation is 1. The molecule has 0 fully saturated rings. The molecular formula is C30H36N2O2. The van der Waals surface area contributed by atoms with E-state index in [9.17, 15) is 9.59 Å². The summed E-state index contributed by atoms with van der Waals surface area (Å²) in [6.45, 7) is 6.98. The zero-order chi connectivity index (χ0) is 24.6. The van der Waals surface area contributed by atoms with E-state index < -0.39 is 6.04 Å². The number of hydrogen-bond acceptors (Lipinski definition) is 2.